The quantitative estimate of drug-likeness (QED) is 0.898. The van der Waals surface area contributed by atoms with Gasteiger partial charge in [0, 0.05) is 19.4 Å². The number of thioether (sulfide) groups is 1. The van der Waals surface area contributed by atoms with Crippen LogP contribution in [0, 0.1) is 18.3 Å². The van der Waals surface area contributed by atoms with E-state index < -0.39 is 0 Å². The van der Waals surface area contributed by atoms with E-state index in [9.17, 15) is 4.79 Å². The van der Waals surface area contributed by atoms with Gasteiger partial charge in [-0.2, -0.15) is 10.4 Å². The summed E-state index contributed by atoms with van der Waals surface area (Å²) in [7, 11) is 1.71. The highest BCUT2D eigenvalue weighted by Gasteiger charge is 2.17. The monoisotopic (exact) mass is 308 g/mol. The molecule has 0 aromatic carbocycles. The van der Waals surface area contributed by atoms with Crippen LogP contribution in [0.1, 0.15) is 30.5 Å². The van der Waals surface area contributed by atoms with Crippen LogP contribution < -0.4 is 5.32 Å². The van der Waals surface area contributed by atoms with E-state index >= 15 is 0 Å². The van der Waals surface area contributed by atoms with Crippen molar-refractivity contribution in [1.29, 1.82) is 5.26 Å². The number of hydrogen-bond donors (Lipinski definition) is 1. The number of carbonyl (C=O) groups is 1. The van der Waals surface area contributed by atoms with Gasteiger partial charge in [0.1, 0.15) is 17.5 Å². The average molecular weight is 308 g/mol. The molecule has 1 unspecified atom stereocenters. The zero-order valence-corrected chi connectivity index (χ0v) is 13.2. The standard InChI is InChI=1S/C14H20N4O2S/c1-10-12(7-15)14(18(2)17-10)16-13(19)9-21-8-11-5-3-4-6-20-11/h11H,3-6,8-9H2,1-2H3,(H,16,19). The number of ether oxygens (including phenoxy) is 1. The lowest BCUT2D eigenvalue weighted by atomic mass is 10.1. The summed E-state index contributed by atoms with van der Waals surface area (Å²) >= 11 is 1.56. The highest BCUT2D eigenvalue weighted by atomic mass is 32.2. The first-order chi connectivity index (χ1) is 10.1. The Morgan fingerprint density at radius 3 is 3.10 bits per heavy atom. The summed E-state index contributed by atoms with van der Waals surface area (Å²) in [5.41, 5.74) is 1.05. The van der Waals surface area contributed by atoms with Crippen molar-refractivity contribution >= 4 is 23.5 Å². The summed E-state index contributed by atoms with van der Waals surface area (Å²) in [6.45, 7) is 2.58. The first-order valence-electron chi connectivity index (χ1n) is 7.04. The van der Waals surface area contributed by atoms with Gasteiger partial charge in [0.05, 0.1) is 17.6 Å². The van der Waals surface area contributed by atoms with Gasteiger partial charge in [0.25, 0.3) is 0 Å². The molecule has 0 spiro atoms. The maximum absolute atomic E-state index is 12.0. The van der Waals surface area contributed by atoms with Gasteiger partial charge in [-0.15, -0.1) is 11.8 Å². The normalized spacial score (nSPS) is 18.2. The second kappa shape index (κ2) is 7.48. The van der Waals surface area contributed by atoms with E-state index in [0.717, 1.165) is 25.2 Å². The Morgan fingerprint density at radius 2 is 2.43 bits per heavy atom. The summed E-state index contributed by atoms with van der Waals surface area (Å²) in [6.07, 6.45) is 3.69. The van der Waals surface area contributed by atoms with E-state index in [0.29, 0.717) is 22.8 Å². The molecule has 2 rings (SSSR count). The van der Waals surface area contributed by atoms with Crippen molar-refractivity contribution in [1.82, 2.24) is 9.78 Å². The van der Waals surface area contributed by atoms with E-state index in [1.165, 1.54) is 11.1 Å². The van der Waals surface area contributed by atoms with Crippen molar-refractivity contribution in [3.63, 3.8) is 0 Å². The predicted octanol–water partition coefficient (Wildman–Crippen LogP) is 1.84. The minimum Gasteiger partial charge on any atom is -0.377 e. The molecule has 1 fully saturated rings. The molecule has 1 aliphatic rings. The Labute approximate surface area is 128 Å². The third-order valence-electron chi connectivity index (χ3n) is 3.40. The Balaban J connectivity index is 1.81. The SMILES string of the molecule is Cc1nn(C)c(NC(=O)CSCC2CCCCO2)c1C#N. The smallest absolute Gasteiger partial charge is 0.235 e. The van der Waals surface area contributed by atoms with Gasteiger partial charge in [-0.25, -0.2) is 0 Å². The summed E-state index contributed by atoms with van der Waals surface area (Å²) < 4.78 is 7.16. The molecule has 1 atom stereocenters. The fraction of sp³-hybridized carbons (Fsp3) is 0.643. The minimum atomic E-state index is -0.115. The first-order valence-corrected chi connectivity index (χ1v) is 8.20. The van der Waals surface area contributed by atoms with Crippen LogP contribution in [0.15, 0.2) is 0 Å². The molecule has 1 saturated heterocycles. The topological polar surface area (TPSA) is 79.9 Å². The number of carbonyl (C=O) groups excluding carboxylic acids is 1. The molecule has 1 aliphatic heterocycles. The fourth-order valence-electron chi connectivity index (χ4n) is 2.33. The molecular formula is C14H20N4O2S. The van der Waals surface area contributed by atoms with Gasteiger partial charge >= 0.3 is 0 Å². The molecule has 2 heterocycles. The zero-order chi connectivity index (χ0) is 15.2. The summed E-state index contributed by atoms with van der Waals surface area (Å²) in [4.78, 5) is 12.0. The molecule has 6 nitrogen and oxygen atoms in total. The van der Waals surface area contributed by atoms with Crippen LogP contribution in [0.2, 0.25) is 0 Å². The number of anilines is 1. The Hall–Kier alpha value is -1.52. The van der Waals surface area contributed by atoms with Crippen molar-refractivity contribution < 1.29 is 9.53 Å². The lowest BCUT2D eigenvalue weighted by Crippen LogP contribution is -2.23. The van der Waals surface area contributed by atoms with Crippen LogP contribution in [0.4, 0.5) is 5.82 Å². The largest absolute Gasteiger partial charge is 0.377 e. The molecule has 1 aromatic rings. The number of aryl methyl sites for hydroxylation is 2. The van der Waals surface area contributed by atoms with Gasteiger partial charge in [-0.3, -0.25) is 9.48 Å². The van der Waals surface area contributed by atoms with Crippen molar-refractivity contribution in [2.75, 3.05) is 23.4 Å². The molecule has 21 heavy (non-hydrogen) atoms. The van der Waals surface area contributed by atoms with Crippen LogP contribution in [0.25, 0.3) is 0 Å². The fourth-order valence-corrected chi connectivity index (χ4v) is 3.23. The van der Waals surface area contributed by atoms with Crippen molar-refractivity contribution in [2.24, 2.45) is 7.05 Å². The summed E-state index contributed by atoms with van der Waals surface area (Å²) in [5.74, 6) is 1.54. The molecule has 114 valence electrons. The third kappa shape index (κ3) is 4.22. The van der Waals surface area contributed by atoms with Crippen LogP contribution in [0.5, 0.6) is 0 Å². The summed E-state index contributed by atoms with van der Waals surface area (Å²) in [6, 6.07) is 2.07. The van der Waals surface area contributed by atoms with Gasteiger partial charge in [-0.1, -0.05) is 0 Å². The van der Waals surface area contributed by atoms with Crippen molar-refractivity contribution in [3.05, 3.63) is 11.3 Å². The Kier molecular flexibility index (Phi) is 5.65. The maximum atomic E-state index is 12.0. The molecule has 0 radical (unpaired) electrons. The first kappa shape index (κ1) is 15.9. The van der Waals surface area contributed by atoms with Gasteiger partial charge in [-0.05, 0) is 26.2 Å². The maximum Gasteiger partial charge on any atom is 0.235 e. The number of hydrogen-bond acceptors (Lipinski definition) is 5. The molecule has 0 saturated carbocycles. The van der Waals surface area contributed by atoms with E-state index in [2.05, 4.69) is 16.5 Å². The Bertz CT molecular complexity index is 544. The molecule has 1 aromatic heterocycles. The number of rotatable bonds is 5. The third-order valence-corrected chi connectivity index (χ3v) is 4.48. The lowest BCUT2D eigenvalue weighted by Gasteiger charge is -2.21. The van der Waals surface area contributed by atoms with E-state index in [1.807, 2.05) is 0 Å². The van der Waals surface area contributed by atoms with Gasteiger partial charge in [0.2, 0.25) is 5.91 Å². The number of nitrogens with one attached hydrogen (secondary N) is 1. The zero-order valence-electron chi connectivity index (χ0n) is 12.4. The van der Waals surface area contributed by atoms with E-state index in [4.69, 9.17) is 10.00 Å². The molecule has 7 heteroatoms. The van der Waals surface area contributed by atoms with Gasteiger partial charge < -0.3 is 10.1 Å². The van der Waals surface area contributed by atoms with Gasteiger partial charge in [0.15, 0.2) is 0 Å². The molecule has 0 bridgehead atoms. The van der Waals surface area contributed by atoms with Crippen LogP contribution in [0.3, 0.4) is 0 Å². The van der Waals surface area contributed by atoms with E-state index in [1.54, 1.807) is 25.7 Å². The van der Waals surface area contributed by atoms with Crippen LogP contribution >= 0.6 is 11.8 Å². The van der Waals surface area contributed by atoms with E-state index in [-0.39, 0.29) is 12.0 Å². The number of amides is 1. The van der Waals surface area contributed by atoms with Crippen LogP contribution in [-0.4, -0.2) is 39.9 Å². The molecule has 1 amide bonds. The number of aromatic nitrogens is 2. The number of nitrogens with zero attached hydrogens (tertiary/aromatic N) is 3. The highest BCUT2D eigenvalue weighted by Crippen LogP contribution is 2.19. The molecular weight excluding hydrogens is 288 g/mol. The molecule has 0 aliphatic carbocycles. The number of nitriles is 1. The van der Waals surface area contributed by atoms with Crippen LogP contribution in [-0.2, 0) is 16.6 Å². The average Bonchev–Trinajstić information content (AvgIpc) is 2.74. The minimum absolute atomic E-state index is 0.115. The second-order valence-corrected chi connectivity index (χ2v) is 6.13. The lowest BCUT2D eigenvalue weighted by molar-refractivity contribution is -0.113. The van der Waals surface area contributed by atoms with Crippen molar-refractivity contribution in [3.8, 4) is 6.07 Å². The predicted molar refractivity (Wildman–Crippen MR) is 82.2 cm³/mol. The van der Waals surface area contributed by atoms with Crippen molar-refractivity contribution in [2.45, 2.75) is 32.3 Å². The second-order valence-electron chi connectivity index (χ2n) is 5.10. The molecule has 1 N–H and O–H groups in total. The highest BCUT2D eigenvalue weighted by molar-refractivity contribution is 8.00. The summed E-state index contributed by atoms with van der Waals surface area (Å²) in [5, 5.41) is 16.0. The Morgan fingerprint density at radius 1 is 1.62 bits per heavy atom.